The van der Waals surface area contributed by atoms with Crippen LogP contribution in [0.3, 0.4) is 0 Å². The van der Waals surface area contributed by atoms with Crippen molar-refractivity contribution in [3.8, 4) is 11.5 Å². The number of thioether (sulfide) groups is 1. The number of hydrogen-bond acceptors (Lipinski definition) is 4. The zero-order valence-electron chi connectivity index (χ0n) is 14.9. The molecule has 2 aromatic carbocycles. The van der Waals surface area contributed by atoms with Crippen LogP contribution in [-0.2, 0) is 4.79 Å². The van der Waals surface area contributed by atoms with Gasteiger partial charge in [-0.05, 0) is 54.8 Å². The molecule has 138 valence electrons. The van der Waals surface area contributed by atoms with Crippen molar-refractivity contribution in [1.82, 2.24) is 4.90 Å². The number of methoxy groups -OCH3 is 2. The van der Waals surface area contributed by atoms with E-state index in [1.54, 1.807) is 26.4 Å². The van der Waals surface area contributed by atoms with E-state index < -0.39 is 0 Å². The summed E-state index contributed by atoms with van der Waals surface area (Å²) in [6.07, 6.45) is 1.91. The lowest BCUT2D eigenvalue weighted by molar-refractivity contribution is -0.129. The average Bonchev–Trinajstić information content (AvgIpc) is 3.16. The number of hydrogen-bond donors (Lipinski definition) is 0. The Hall–Kier alpha value is -2.21. The van der Waals surface area contributed by atoms with Gasteiger partial charge in [0.05, 0.1) is 26.0 Å². The zero-order chi connectivity index (χ0) is 18.5. The summed E-state index contributed by atoms with van der Waals surface area (Å²) >= 11 is 1.43. The monoisotopic (exact) mass is 375 g/mol. The van der Waals surface area contributed by atoms with Crippen LogP contribution in [0.1, 0.15) is 24.4 Å². The van der Waals surface area contributed by atoms with Gasteiger partial charge in [-0.25, -0.2) is 4.39 Å². The molecule has 1 aliphatic rings. The third-order valence-electron chi connectivity index (χ3n) is 4.54. The zero-order valence-corrected chi connectivity index (χ0v) is 15.7. The molecule has 1 saturated heterocycles. The fraction of sp³-hybridized carbons (Fsp3) is 0.350. The third kappa shape index (κ3) is 4.12. The van der Waals surface area contributed by atoms with Gasteiger partial charge in [-0.3, -0.25) is 4.79 Å². The molecule has 0 saturated carbocycles. The maximum absolute atomic E-state index is 13.0. The lowest BCUT2D eigenvalue weighted by Gasteiger charge is -2.25. The van der Waals surface area contributed by atoms with Crippen molar-refractivity contribution >= 4 is 17.7 Å². The van der Waals surface area contributed by atoms with Crippen molar-refractivity contribution in [2.45, 2.75) is 23.8 Å². The second kappa shape index (κ2) is 8.45. The summed E-state index contributed by atoms with van der Waals surface area (Å²) in [5.74, 6) is 1.52. The largest absolute Gasteiger partial charge is 0.493 e. The number of rotatable bonds is 6. The summed E-state index contributed by atoms with van der Waals surface area (Å²) in [6, 6.07) is 12.1. The standard InChI is InChI=1S/C20H22FNO3S/c1-24-18-10-5-14(12-19(18)25-2)17-4-3-11-22(17)20(23)13-26-16-8-6-15(21)7-9-16/h5-10,12,17H,3-4,11,13H2,1-2H3. The van der Waals surface area contributed by atoms with Crippen molar-refractivity contribution in [2.24, 2.45) is 0 Å². The van der Waals surface area contributed by atoms with Crippen LogP contribution < -0.4 is 9.47 Å². The smallest absolute Gasteiger partial charge is 0.233 e. The predicted octanol–water partition coefficient (Wildman–Crippen LogP) is 4.30. The fourth-order valence-corrected chi connectivity index (χ4v) is 4.02. The molecule has 2 aromatic rings. The summed E-state index contributed by atoms with van der Waals surface area (Å²) in [7, 11) is 3.22. The summed E-state index contributed by atoms with van der Waals surface area (Å²) in [6.45, 7) is 0.752. The van der Waals surface area contributed by atoms with E-state index in [1.807, 2.05) is 23.1 Å². The molecule has 1 atom stereocenters. The number of ether oxygens (including phenoxy) is 2. The second-order valence-corrected chi connectivity index (χ2v) is 7.15. The van der Waals surface area contributed by atoms with Gasteiger partial charge < -0.3 is 14.4 Å². The van der Waals surface area contributed by atoms with Crippen molar-refractivity contribution in [3.63, 3.8) is 0 Å². The van der Waals surface area contributed by atoms with Crippen LogP contribution in [0, 0.1) is 5.82 Å². The minimum absolute atomic E-state index is 0.0520. The first-order valence-corrected chi connectivity index (χ1v) is 9.50. The van der Waals surface area contributed by atoms with E-state index in [0.29, 0.717) is 17.3 Å². The molecule has 3 rings (SSSR count). The molecular weight excluding hydrogens is 353 g/mol. The molecule has 0 bridgehead atoms. The number of amides is 1. The predicted molar refractivity (Wildman–Crippen MR) is 100 cm³/mol. The Kier molecular flexibility index (Phi) is 6.04. The summed E-state index contributed by atoms with van der Waals surface area (Å²) < 4.78 is 23.7. The summed E-state index contributed by atoms with van der Waals surface area (Å²) in [5, 5.41) is 0. The van der Waals surface area contributed by atoms with Gasteiger partial charge in [-0.2, -0.15) is 0 Å². The molecule has 0 aliphatic carbocycles. The van der Waals surface area contributed by atoms with Gasteiger partial charge in [0.25, 0.3) is 0 Å². The van der Waals surface area contributed by atoms with Crippen LogP contribution in [0.5, 0.6) is 11.5 Å². The van der Waals surface area contributed by atoms with Gasteiger partial charge in [0.1, 0.15) is 5.82 Å². The average molecular weight is 375 g/mol. The normalized spacial score (nSPS) is 16.6. The number of carbonyl (C=O) groups is 1. The first-order valence-electron chi connectivity index (χ1n) is 8.52. The first kappa shape index (κ1) is 18.6. The second-order valence-electron chi connectivity index (χ2n) is 6.10. The van der Waals surface area contributed by atoms with Crippen molar-refractivity contribution < 1.29 is 18.7 Å². The van der Waals surface area contributed by atoms with Crippen molar-refractivity contribution in [1.29, 1.82) is 0 Å². The SMILES string of the molecule is COc1ccc(C2CCCN2C(=O)CSc2ccc(F)cc2)cc1OC. The van der Waals surface area contributed by atoms with Crippen LogP contribution >= 0.6 is 11.8 Å². The molecule has 1 heterocycles. The van der Waals surface area contributed by atoms with Crippen LogP contribution in [0.15, 0.2) is 47.4 Å². The van der Waals surface area contributed by atoms with Crippen LogP contribution in [0.25, 0.3) is 0 Å². The molecule has 6 heteroatoms. The van der Waals surface area contributed by atoms with E-state index in [4.69, 9.17) is 9.47 Å². The first-order chi connectivity index (χ1) is 12.6. The van der Waals surface area contributed by atoms with Gasteiger partial charge in [-0.1, -0.05) is 6.07 Å². The van der Waals surface area contributed by atoms with E-state index in [0.717, 1.165) is 29.8 Å². The molecule has 0 radical (unpaired) electrons. The van der Waals surface area contributed by atoms with E-state index in [9.17, 15) is 9.18 Å². The molecule has 4 nitrogen and oxygen atoms in total. The lowest BCUT2D eigenvalue weighted by Crippen LogP contribution is -2.32. The quantitative estimate of drug-likeness (QED) is 0.706. The molecule has 0 spiro atoms. The number of carbonyl (C=O) groups excluding carboxylic acids is 1. The molecule has 1 fully saturated rings. The van der Waals surface area contributed by atoms with Crippen molar-refractivity contribution in [2.75, 3.05) is 26.5 Å². The van der Waals surface area contributed by atoms with Crippen LogP contribution in [-0.4, -0.2) is 37.3 Å². The van der Waals surface area contributed by atoms with Crippen molar-refractivity contribution in [3.05, 3.63) is 53.8 Å². The van der Waals surface area contributed by atoms with Gasteiger partial charge in [0, 0.05) is 11.4 Å². The lowest BCUT2D eigenvalue weighted by atomic mass is 10.0. The summed E-state index contributed by atoms with van der Waals surface area (Å²) in [4.78, 5) is 15.5. The minimum atomic E-state index is -0.270. The highest BCUT2D eigenvalue weighted by atomic mass is 32.2. The number of likely N-dealkylation sites (tertiary alicyclic amines) is 1. The molecular formula is C20H22FNO3S. The van der Waals surface area contributed by atoms with Gasteiger partial charge in [-0.15, -0.1) is 11.8 Å². The maximum Gasteiger partial charge on any atom is 0.233 e. The van der Waals surface area contributed by atoms with Gasteiger partial charge in [0.2, 0.25) is 5.91 Å². The Bertz CT molecular complexity index is 766. The van der Waals surface area contributed by atoms with E-state index >= 15 is 0 Å². The van der Waals surface area contributed by atoms with E-state index in [1.165, 1.54) is 23.9 Å². The van der Waals surface area contributed by atoms with Gasteiger partial charge >= 0.3 is 0 Å². The Morgan fingerprint density at radius 1 is 1.15 bits per heavy atom. The van der Waals surface area contributed by atoms with E-state index in [2.05, 4.69) is 0 Å². The number of benzene rings is 2. The molecule has 0 N–H and O–H groups in total. The molecule has 1 amide bonds. The highest BCUT2D eigenvalue weighted by Crippen LogP contribution is 2.37. The molecule has 1 unspecified atom stereocenters. The molecule has 0 aromatic heterocycles. The summed E-state index contributed by atoms with van der Waals surface area (Å²) in [5.41, 5.74) is 1.06. The molecule has 26 heavy (non-hydrogen) atoms. The Morgan fingerprint density at radius 2 is 1.88 bits per heavy atom. The Balaban J connectivity index is 1.69. The maximum atomic E-state index is 13.0. The van der Waals surface area contributed by atoms with Crippen LogP contribution in [0.4, 0.5) is 4.39 Å². The van der Waals surface area contributed by atoms with Crippen LogP contribution in [0.2, 0.25) is 0 Å². The number of halogens is 1. The third-order valence-corrected chi connectivity index (χ3v) is 5.54. The highest BCUT2D eigenvalue weighted by Gasteiger charge is 2.30. The number of nitrogens with zero attached hydrogens (tertiary/aromatic N) is 1. The Morgan fingerprint density at radius 3 is 2.58 bits per heavy atom. The highest BCUT2D eigenvalue weighted by molar-refractivity contribution is 8.00. The molecule has 1 aliphatic heterocycles. The fourth-order valence-electron chi connectivity index (χ4n) is 3.23. The Labute approximate surface area is 157 Å². The van der Waals surface area contributed by atoms with Gasteiger partial charge in [0.15, 0.2) is 11.5 Å². The minimum Gasteiger partial charge on any atom is -0.493 e. The van der Waals surface area contributed by atoms with E-state index in [-0.39, 0.29) is 17.8 Å². The topological polar surface area (TPSA) is 38.8 Å².